The predicted molar refractivity (Wildman–Crippen MR) is 96.5 cm³/mol. The third kappa shape index (κ3) is 3.17. The molecular weight excluding hydrogens is 324 g/mol. The SMILES string of the molecule is Cc1n[nH]c(C)c1C(C)C(=O)NCCc1c[nH]c2cc(Cl)ccc12. The molecule has 1 atom stereocenters. The Bertz CT molecular complexity index is 861. The lowest BCUT2D eigenvalue weighted by Gasteiger charge is -2.12. The summed E-state index contributed by atoms with van der Waals surface area (Å²) in [4.78, 5) is 15.6. The Morgan fingerprint density at radius 2 is 2.17 bits per heavy atom. The van der Waals surface area contributed by atoms with Crippen molar-refractivity contribution in [1.29, 1.82) is 0 Å². The summed E-state index contributed by atoms with van der Waals surface area (Å²) in [6, 6.07) is 5.80. The van der Waals surface area contributed by atoms with Gasteiger partial charge in [-0.1, -0.05) is 17.7 Å². The van der Waals surface area contributed by atoms with Crippen LogP contribution in [-0.2, 0) is 11.2 Å². The number of hydrogen-bond acceptors (Lipinski definition) is 2. The first-order valence-corrected chi connectivity index (χ1v) is 8.40. The number of rotatable bonds is 5. The van der Waals surface area contributed by atoms with Gasteiger partial charge in [0.1, 0.15) is 0 Å². The quantitative estimate of drug-likeness (QED) is 0.661. The van der Waals surface area contributed by atoms with Crippen LogP contribution >= 0.6 is 11.6 Å². The zero-order valence-corrected chi connectivity index (χ0v) is 14.8. The molecule has 3 N–H and O–H groups in total. The van der Waals surface area contributed by atoms with E-state index in [1.54, 1.807) is 0 Å². The number of aryl methyl sites for hydroxylation is 2. The van der Waals surface area contributed by atoms with E-state index in [9.17, 15) is 4.79 Å². The maximum atomic E-state index is 12.4. The highest BCUT2D eigenvalue weighted by Gasteiger charge is 2.20. The van der Waals surface area contributed by atoms with Gasteiger partial charge in [-0.15, -0.1) is 0 Å². The van der Waals surface area contributed by atoms with Crippen molar-refractivity contribution in [1.82, 2.24) is 20.5 Å². The van der Waals surface area contributed by atoms with Gasteiger partial charge >= 0.3 is 0 Å². The van der Waals surface area contributed by atoms with Gasteiger partial charge in [0.25, 0.3) is 0 Å². The number of halogens is 1. The maximum absolute atomic E-state index is 12.4. The first kappa shape index (κ1) is 16.6. The number of nitrogens with one attached hydrogen (secondary N) is 3. The molecule has 3 rings (SSSR count). The molecule has 1 unspecified atom stereocenters. The largest absolute Gasteiger partial charge is 0.361 e. The van der Waals surface area contributed by atoms with Gasteiger partial charge in [-0.2, -0.15) is 5.10 Å². The Morgan fingerprint density at radius 3 is 2.88 bits per heavy atom. The molecule has 3 aromatic rings. The van der Waals surface area contributed by atoms with Crippen molar-refractivity contribution in [3.8, 4) is 0 Å². The van der Waals surface area contributed by atoms with Crippen LogP contribution in [0.2, 0.25) is 5.02 Å². The predicted octanol–water partition coefficient (Wildman–Crippen LogP) is 3.62. The molecule has 126 valence electrons. The molecule has 0 saturated heterocycles. The third-order valence-electron chi connectivity index (χ3n) is 4.43. The number of hydrogen-bond donors (Lipinski definition) is 3. The van der Waals surface area contributed by atoms with Gasteiger partial charge in [-0.3, -0.25) is 9.89 Å². The topological polar surface area (TPSA) is 73.6 Å². The van der Waals surface area contributed by atoms with Gasteiger partial charge in [-0.25, -0.2) is 0 Å². The van der Waals surface area contributed by atoms with Crippen molar-refractivity contribution in [2.45, 2.75) is 33.1 Å². The second-order valence-electron chi connectivity index (χ2n) is 6.11. The van der Waals surface area contributed by atoms with Crippen LogP contribution in [-0.4, -0.2) is 27.6 Å². The van der Waals surface area contributed by atoms with Gasteiger partial charge < -0.3 is 10.3 Å². The van der Waals surface area contributed by atoms with Gasteiger partial charge in [-0.05, 0) is 44.9 Å². The molecule has 0 saturated carbocycles. The molecule has 0 aliphatic rings. The normalized spacial score (nSPS) is 12.5. The molecule has 0 fully saturated rings. The van der Waals surface area contributed by atoms with Gasteiger partial charge in [0, 0.05) is 39.9 Å². The fourth-order valence-corrected chi connectivity index (χ4v) is 3.34. The second kappa shape index (κ2) is 6.69. The summed E-state index contributed by atoms with van der Waals surface area (Å²) in [7, 11) is 0. The fourth-order valence-electron chi connectivity index (χ4n) is 3.17. The van der Waals surface area contributed by atoms with Crippen LogP contribution in [0.1, 0.15) is 35.4 Å². The molecule has 2 aromatic heterocycles. The molecule has 1 aromatic carbocycles. The van der Waals surface area contributed by atoms with Gasteiger partial charge in [0.2, 0.25) is 5.91 Å². The van der Waals surface area contributed by atoms with E-state index in [1.165, 1.54) is 5.56 Å². The summed E-state index contributed by atoms with van der Waals surface area (Å²) in [5.41, 5.74) is 4.99. The summed E-state index contributed by atoms with van der Waals surface area (Å²) in [6.07, 6.45) is 2.74. The van der Waals surface area contributed by atoms with Crippen molar-refractivity contribution in [3.63, 3.8) is 0 Å². The molecule has 24 heavy (non-hydrogen) atoms. The number of H-pyrrole nitrogens is 2. The lowest BCUT2D eigenvalue weighted by Crippen LogP contribution is -2.30. The first-order valence-electron chi connectivity index (χ1n) is 8.02. The number of aromatic amines is 2. The van der Waals surface area contributed by atoms with E-state index < -0.39 is 0 Å². The monoisotopic (exact) mass is 344 g/mol. The van der Waals surface area contributed by atoms with Crippen LogP contribution in [0.4, 0.5) is 0 Å². The van der Waals surface area contributed by atoms with Crippen molar-refractivity contribution in [3.05, 3.63) is 51.9 Å². The zero-order chi connectivity index (χ0) is 17.3. The van der Waals surface area contributed by atoms with Crippen LogP contribution in [0.5, 0.6) is 0 Å². The Morgan fingerprint density at radius 1 is 1.38 bits per heavy atom. The van der Waals surface area contributed by atoms with Crippen molar-refractivity contribution < 1.29 is 4.79 Å². The summed E-state index contributed by atoms with van der Waals surface area (Å²) in [6.45, 7) is 6.36. The fraction of sp³-hybridized carbons (Fsp3) is 0.333. The highest BCUT2D eigenvalue weighted by Crippen LogP contribution is 2.23. The van der Waals surface area contributed by atoms with Crippen LogP contribution in [0, 0.1) is 13.8 Å². The summed E-state index contributed by atoms with van der Waals surface area (Å²) in [5, 5.41) is 12.0. The minimum absolute atomic E-state index is 0.0190. The first-order chi connectivity index (χ1) is 11.5. The maximum Gasteiger partial charge on any atom is 0.227 e. The molecule has 0 spiro atoms. The number of carbonyl (C=O) groups is 1. The Labute approximate surface area is 145 Å². The molecule has 1 amide bonds. The lowest BCUT2D eigenvalue weighted by atomic mass is 9.98. The number of nitrogens with zero attached hydrogens (tertiary/aromatic N) is 1. The van der Waals surface area contributed by atoms with Crippen LogP contribution < -0.4 is 5.32 Å². The Balaban J connectivity index is 1.62. The van der Waals surface area contributed by atoms with Crippen LogP contribution in [0.15, 0.2) is 24.4 Å². The second-order valence-corrected chi connectivity index (χ2v) is 6.55. The minimum Gasteiger partial charge on any atom is -0.361 e. The van der Waals surface area contributed by atoms with Crippen molar-refractivity contribution in [2.75, 3.05) is 6.54 Å². The number of amides is 1. The Hall–Kier alpha value is -2.27. The lowest BCUT2D eigenvalue weighted by molar-refractivity contribution is -0.122. The van der Waals surface area contributed by atoms with E-state index >= 15 is 0 Å². The van der Waals surface area contributed by atoms with E-state index in [1.807, 2.05) is 45.2 Å². The minimum atomic E-state index is -0.217. The van der Waals surface area contributed by atoms with Crippen molar-refractivity contribution >= 4 is 28.4 Å². The van der Waals surface area contributed by atoms with E-state index in [0.717, 1.165) is 34.3 Å². The smallest absolute Gasteiger partial charge is 0.227 e. The standard InChI is InChI=1S/C18H21ClN4O/c1-10(17-11(2)22-23-12(17)3)18(24)20-7-6-13-9-21-16-8-14(19)4-5-15(13)16/h4-5,8-10,21H,6-7H2,1-3H3,(H,20,24)(H,22,23). The summed E-state index contributed by atoms with van der Waals surface area (Å²) in [5.74, 6) is -0.198. The molecular formula is C18H21ClN4O. The van der Waals surface area contributed by atoms with Gasteiger partial charge in [0.15, 0.2) is 0 Å². The molecule has 0 bridgehead atoms. The van der Waals surface area contributed by atoms with Crippen molar-refractivity contribution in [2.24, 2.45) is 0 Å². The van der Waals surface area contributed by atoms with E-state index in [0.29, 0.717) is 11.6 Å². The van der Waals surface area contributed by atoms with E-state index in [-0.39, 0.29) is 11.8 Å². The molecule has 2 heterocycles. The number of aromatic nitrogens is 3. The third-order valence-corrected chi connectivity index (χ3v) is 4.67. The average molecular weight is 345 g/mol. The van der Waals surface area contributed by atoms with Gasteiger partial charge in [0.05, 0.1) is 11.6 Å². The summed E-state index contributed by atoms with van der Waals surface area (Å²) >= 11 is 6.00. The Kier molecular flexibility index (Phi) is 4.62. The molecule has 6 heteroatoms. The average Bonchev–Trinajstić information content (AvgIpc) is 3.09. The van der Waals surface area contributed by atoms with Crippen LogP contribution in [0.3, 0.4) is 0 Å². The highest BCUT2D eigenvalue weighted by atomic mass is 35.5. The number of carbonyl (C=O) groups excluding carboxylic acids is 1. The van der Waals surface area contributed by atoms with Crippen LogP contribution in [0.25, 0.3) is 10.9 Å². The molecule has 0 aliphatic carbocycles. The zero-order valence-electron chi connectivity index (χ0n) is 14.0. The molecule has 0 aliphatic heterocycles. The number of fused-ring (bicyclic) bond motifs is 1. The molecule has 5 nitrogen and oxygen atoms in total. The number of benzene rings is 1. The van der Waals surface area contributed by atoms with E-state index in [4.69, 9.17) is 11.6 Å². The van der Waals surface area contributed by atoms with E-state index in [2.05, 4.69) is 20.5 Å². The summed E-state index contributed by atoms with van der Waals surface area (Å²) < 4.78 is 0. The highest BCUT2D eigenvalue weighted by molar-refractivity contribution is 6.31. The molecule has 0 radical (unpaired) electrons.